The number of hydrogen-bond acceptors (Lipinski definition) is 4. The van der Waals surface area contributed by atoms with Gasteiger partial charge in [-0.3, -0.25) is 4.79 Å². The Hall–Kier alpha value is -2.22. The molecule has 0 unspecified atom stereocenters. The zero-order valence-corrected chi connectivity index (χ0v) is 14.5. The molecule has 2 aromatic rings. The Bertz CT molecular complexity index is 814. The van der Waals surface area contributed by atoms with Gasteiger partial charge < -0.3 is 10.1 Å². The molecule has 1 amide bonds. The average Bonchev–Trinajstić information content (AvgIpc) is 3.16. The van der Waals surface area contributed by atoms with Gasteiger partial charge in [0.1, 0.15) is 6.10 Å². The molecule has 25 heavy (non-hydrogen) atoms. The third kappa shape index (κ3) is 4.66. The van der Waals surface area contributed by atoms with Crippen LogP contribution in [0.1, 0.15) is 18.4 Å². The van der Waals surface area contributed by atoms with Gasteiger partial charge in [0.2, 0.25) is 10.0 Å². The van der Waals surface area contributed by atoms with E-state index in [1.165, 1.54) is 12.1 Å². The molecule has 0 spiro atoms. The Morgan fingerprint density at radius 1 is 1.08 bits per heavy atom. The second-order valence-electron chi connectivity index (χ2n) is 5.83. The van der Waals surface area contributed by atoms with Gasteiger partial charge in [0, 0.05) is 18.8 Å². The van der Waals surface area contributed by atoms with Crippen LogP contribution in [0.15, 0.2) is 59.5 Å². The zero-order chi connectivity index (χ0) is 17.7. The summed E-state index contributed by atoms with van der Waals surface area (Å²) >= 11 is 0. The summed E-state index contributed by atoms with van der Waals surface area (Å²) in [4.78, 5) is 12.1. The summed E-state index contributed by atoms with van der Waals surface area (Å²) in [5, 5.41) is 2.74. The zero-order valence-electron chi connectivity index (χ0n) is 13.6. The quantitative estimate of drug-likeness (QED) is 0.828. The van der Waals surface area contributed by atoms with Crippen molar-refractivity contribution in [2.75, 3.05) is 11.9 Å². The Morgan fingerprint density at radius 3 is 2.44 bits per heavy atom. The lowest BCUT2D eigenvalue weighted by Crippen LogP contribution is -2.27. The van der Waals surface area contributed by atoms with E-state index in [-0.39, 0.29) is 17.3 Å². The molecule has 1 fully saturated rings. The maximum absolute atomic E-state index is 12.3. The molecule has 0 aromatic heterocycles. The number of carbonyl (C=O) groups excluding carboxylic acids is 1. The van der Waals surface area contributed by atoms with Crippen LogP contribution in [0.5, 0.6) is 0 Å². The topological polar surface area (TPSA) is 84.5 Å². The summed E-state index contributed by atoms with van der Waals surface area (Å²) < 4.78 is 32.5. The molecule has 1 aliphatic rings. The van der Waals surface area contributed by atoms with E-state index in [0.29, 0.717) is 18.7 Å². The van der Waals surface area contributed by atoms with Gasteiger partial charge in [-0.1, -0.05) is 30.3 Å². The molecule has 1 aliphatic heterocycles. The Labute approximate surface area is 147 Å². The van der Waals surface area contributed by atoms with Crippen molar-refractivity contribution < 1.29 is 17.9 Å². The second kappa shape index (κ2) is 7.77. The maximum atomic E-state index is 12.3. The predicted molar refractivity (Wildman–Crippen MR) is 94.5 cm³/mol. The number of ether oxygens (including phenoxy) is 1. The largest absolute Gasteiger partial charge is 0.368 e. The highest BCUT2D eigenvalue weighted by molar-refractivity contribution is 7.89. The fourth-order valence-corrected chi connectivity index (χ4v) is 3.60. The van der Waals surface area contributed by atoms with Crippen molar-refractivity contribution in [2.24, 2.45) is 0 Å². The van der Waals surface area contributed by atoms with Crippen molar-refractivity contribution in [3.8, 4) is 0 Å². The van der Waals surface area contributed by atoms with Gasteiger partial charge >= 0.3 is 0 Å². The molecule has 0 radical (unpaired) electrons. The van der Waals surface area contributed by atoms with Gasteiger partial charge in [0.05, 0.1) is 4.90 Å². The fourth-order valence-electron chi connectivity index (χ4n) is 2.58. The summed E-state index contributed by atoms with van der Waals surface area (Å²) in [5.41, 5.74) is 1.43. The van der Waals surface area contributed by atoms with Gasteiger partial charge in [0.25, 0.3) is 5.91 Å². The summed E-state index contributed by atoms with van der Waals surface area (Å²) in [5.74, 6) is -0.199. The van der Waals surface area contributed by atoms with Crippen LogP contribution in [-0.4, -0.2) is 27.0 Å². The van der Waals surface area contributed by atoms with E-state index in [0.717, 1.165) is 12.0 Å². The average molecular weight is 360 g/mol. The summed E-state index contributed by atoms with van der Waals surface area (Å²) in [6.07, 6.45) is 1.17. The van der Waals surface area contributed by atoms with Crippen molar-refractivity contribution >= 4 is 21.6 Å². The van der Waals surface area contributed by atoms with E-state index in [1.807, 2.05) is 30.3 Å². The molecule has 2 aromatic carbocycles. The highest BCUT2D eigenvalue weighted by atomic mass is 32.2. The van der Waals surface area contributed by atoms with Crippen molar-refractivity contribution in [3.63, 3.8) is 0 Å². The normalized spacial score (nSPS) is 17.4. The van der Waals surface area contributed by atoms with Crippen LogP contribution in [0.25, 0.3) is 0 Å². The standard InChI is InChI=1S/C18H20N2O4S/c21-18(17-7-4-12-24-17)20-15-8-10-16(11-9-15)25(22,23)19-13-14-5-2-1-3-6-14/h1-3,5-6,8-11,17,19H,4,7,12-13H2,(H,20,21)/t17-/m0/s1. The van der Waals surface area contributed by atoms with Crippen LogP contribution < -0.4 is 10.0 Å². The number of nitrogens with one attached hydrogen (secondary N) is 2. The number of anilines is 1. The molecule has 6 nitrogen and oxygen atoms in total. The first kappa shape index (κ1) is 17.6. The lowest BCUT2D eigenvalue weighted by atomic mass is 10.2. The number of carbonyl (C=O) groups is 1. The van der Waals surface area contributed by atoms with Crippen LogP contribution in [-0.2, 0) is 26.1 Å². The summed E-state index contributed by atoms with van der Waals surface area (Å²) in [6.45, 7) is 0.822. The molecule has 7 heteroatoms. The van der Waals surface area contributed by atoms with E-state index in [4.69, 9.17) is 4.74 Å². The lowest BCUT2D eigenvalue weighted by molar-refractivity contribution is -0.124. The number of hydrogen-bond donors (Lipinski definition) is 2. The fraction of sp³-hybridized carbons (Fsp3) is 0.278. The number of amides is 1. The van der Waals surface area contributed by atoms with Crippen molar-refractivity contribution in [3.05, 3.63) is 60.2 Å². The lowest BCUT2D eigenvalue weighted by Gasteiger charge is -2.11. The smallest absolute Gasteiger partial charge is 0.253 e. The predicted octanol–water partition coefficient (Wildman–Crippen LogP) is 2.28. The number of rotatable bonds is 6. The molecule has 3 rings (SSSR count). The van der Waals surface area contributed by atoms with Crippen LogP contribution in [0, 0.1) is 0 Å². The van der Waals surface area contributed by atoms with Crippen molar-refractivity contribution in [2.45, 2.75) is 30.4 Å². The molecular weight excluding hydrogens is 340 g/mol. The molecule has 2 N–H and O–H groups in total. The van der Waals surface area contributed by atoms with E-state index in [2.05, 4.69) is 10.0 Å². The first-order valence-corrected chi connectivity index (χ1v) is 9.59. The number of sulfonamides is 1. The first-order chi connectivity index (χ1) is 12.0. The molecule has 1 heterocycles. The monoisotopic (exact) mass is 360 g/mol. The van der Waals surface area contributed by atoms with Gasteiger partial charge in [-0.2, -0.15) is 0 Å². The molecule has 0 aliphatic carbocycles. The van der Waals surface area contributed by atoms with E-state index >= 15 is 0 Å². The minimum atomic E-state index is -3.61. The number of benzene rings is 2. The maximum Gasteiger partial charge on any atom is 0.253 e. The first-order valence-electron chi connectivity index (χ1n) is 8.11. The van der Waals surface area contributed by atoms with E-state index < -0.39 is 16.1 Å². The molecule has 0 saturated carbocycles. The summed E-state index contributed by atoms with van der Waals surface area (Å²) in [7, 11) is -3.61. The molecule has 1 saturated heterocycles. The highest BCUT2D eigenvalue weighted by Crippen LogP contribution is 2.17. The second-order valence-corrected chi connectivity index (χ2v) is 7.59. The Morgan fingerprint density at radius 2 is 1.80 bits per heavy atom. The Kier molecular flexibility index (Phi) is 5.47. The SMILES string of the molecule is O=C(Nc1ccc(S(=O)(=O)NCc2ccccc2)cc1)[C@@H]1CCCO1. The molecule has 132 valence electrons. The van der Waals surface area contributed by atoms with Gasteiger partial charge in [-0.25, -0.2) is 13.1 Å². The molecule has 1 atom stereocenters. The van der Waals surface area contributed by atoms with Crippen LogP contribution in [0.4, 0.5) is 5.69 Å². The van der Waals surface area contributed by atoms with E-state index in [9.17, 15) is 13.2 Å². The van der Waals surface area contributed by atoms with Crippen molar-refractivity contribution in [1.82, 2.24) is 4.72 Å². The highest BCUT2D eigenvalue weighted by Gasteiger charge is 2.23. The third-order valence-electron chi connectivity index (χ3n) is 3.96. The van der Waals surface area contributed by atoms with Gasteiger partial charge in [-0.15, -0.1) is 0 Å². The van der Waals surface area contributed by atoms with Gasteiger partial charge in [0.15, 0.2) is 0 Å². The van der Waals surface area contributed by atoms with Crippen LogP contribution in [0.2, 0.25) is 0 Å². The third-order valence-corrected chi connectivity index (χ3v) is 5.38. The van der Waals surface area contributed by atoms with Gasteiger partial charge in [-0.05, 0) is 42.7 Å². The minimum Gasteiger partial charge on any atom is -0.368 e. The van der Waals surface area contributed by atoms with E-state index in [1.54, 1.807) is 12.1 Å². The molecule has 0 bridgehead atoms. The minimum absolute atomic E-state index is 0.151. The van der Waals surface area contributed by atoms with Crippen molar-refractivity contribution in [1.29, 1.82) is 0 Å². The summed E-state index contributed by atoms with van der Waals surface area (Å²) in [6, 6.07) is 15.4. The molecular formula is C18H20N2O4S. The van der Waals surface area contributed by atoms with Crippen LogP contribution in [0.3, 0.4) is 0 Å². The van der Waals surface area contributed by atoms with Crippen LogP contribution >= 0.6 is 0 Å². The Balaban J connectivity index is 1.61.